The van der Waals surface area contributed by atoms with Gasteiger partial charge in [0, 0.05) is 24.8 Å². The molecule has 2 nitrogen and oxygen atoms in total. The summed E-state index contributed by atoms with van der Waals surface area (Å²) in [5, 5.41) is 3.62. The summed E-state index contributed by atoms with van der Waals surface area (Å²) in [4.78, 5) is 2.51. The Morgan fingerprint density at radius 2 is 2.00 bits per heavy atom. The first-order valence-electron chi connectivity index (χ1n) is 5.97. The smallest absolute Gasteiger partial charge is 0.0366 e. The lowest BCUT2D eigenvalue weighted by molar-refractivity contribution is 0.374. The van der Waals surface area contributed by atoms with Crippen LogP contribution in [0.2, 0.25) is 0 Å². The van der Waals surface area contributed by atoms with Crippen molar-refractivity contribution < 1.29 is 0 Å². The van der Waals surface area contributed by atoms with E-state index in [1.807, 2.05) is 0 Å². The average Bonchev–Trinajstić information content (AvgIpc) is 2.77. The summed E-state index contributed by atoms with van der Waals surface area (Å²) in [6.07, 6.45) is 2.74. The predicted molar refractivity (Wildman–Crippen MR) is 63.2 cm³/mol. The fourth-order valence-corrected chi connectivity index (χ4v) is 2.90. The molecule has 0 aliphatic carbocycles. The van der Waals surface area contributed by atoms with Crippen molar-refractivity contribution in [1.82, 2.24) is 5.32 Å². The standard InChI is InChI=1S/C13H18N2/c1-2-4-12(5-3-1)15-9-7-11-6-8-14-13(11)10-15/h1-5,11,13-14H,6-10H2. The molecule has 0 saturated carbocycles. The molecule has 1 aromatic carbocycles. The maximum atomic E-state index is 3.62. The fraction of sp³-hybridized carbons (Fsp3) is 0.538. The van der Waals surface area contributed by atoms with Crippen LogP contribution >= 0.6 is 0 Å². The van der Waals surface area contributed by atoms with E-state index in [4.69, 9.17) is 0 Å². The van der Waals surface area contributed by atoms with Crippen LogP contribution in [0.3, 0.4) is 0 Å². The van der Waals surface area contributed by atoms with E-state index in [1.54, 1.807) is 0 Å². The first-order valence-corrected chi connectivity index (χ1v) is 5.97. The first-order chi connectivity index (χ1) is 7.43. The first kappa shape index (κ1) is 9.22. The Labute approximate surface area is 91.3 Å². The highest BCUT2D eigenvalue weighted by atomic mass is 15.2. The average molecular weight is 202 g/mol. The number of fused-ring (bicyclic) bond motifs is 1. The van der Waals surface area contributed by atoms with E-state index >= 15 is 0 Å². The van der Waals surface area contributed by atoms with E-state index in [-0.39, 0.29) is 0 Å². The maximum absolute atomic E-state index is 3.62. The van der Waals surface area contributed by atoms with E-state index in [0.29, 0.717) is 0 Å². The summed E-state index contributed by atoms with van der Waals surface area (Å²) in [5.74, 6) is 0.935. The van der Waals surface area contributed by atoms with Crippen LogP contribution in [0, 0.1) is 5.92 Å². The van der Waals surface area contributed by atoms with Crippen LogP contribution in [0.25, 0.3) is 0 Å². The van der Waals surface area contributed by atoms with Gasteiger partial charge >= 0.3 is 0 Å². The van der Waals surface area contributed by atoms with Crippen molar-refractivity contribution in [2.24, 2.45) is 5.92 Å². The third-order valence-electron chi connectivity index (χ3n) is 3.80. The molecule has 0 bridgehead atoms. The van der Waals surface area contributed by atoms with Crippen molar-refractivity contribution >= 4 is 5.69 Å². The van der Waals surface area contributed by atoms with Crippen LogP contribution in [-0.2, 0) is 0 Å². The third-order valence-corrected chi connectivity index (χ3v) is 3.80. The number of anilines is 1. The SMILES string of the molecule is c1ccc(N2CCC3CCNC3C2)cc1. The lowest BCUT2D eigenvalue weighted by Gasteiger charge is -2.36. The number of para-hydroxylation sites is 1. The molecule has 1 N–H and O–H groups in total. The number of piperidine rings is 1. The number of benzene rings is 1. The number of nitrogens with zero attached hydrogens (tertiary/aromatic N) is 1. The summed E-state index contributed by atoms with van der Waals surface area (Å²) in [5.41, 5.74) is 1.38. The molecule has 15 heavy (non-hydrogen) atoms. The minimum absolute atomic E-state index is 0.735. The van der Waals surface area contributed by atoms with E-state index in [0.717, 1.165) is 12.0 Å². The number of nitrogens with one attached hydrogen (secondary N) is 1. The topological polar surface area (TPSA) is 15.3 Å². The largest absolute Gasteiger partial charge is 0.370 e. The number of rotatable bonds is 1. The van der Waals surface area contributed by atoms with Crippen molar-refractivity contribution in [3.8, 4) is 0 Å². The van der Waals surface area contributed by atoms with Gasteiger partial charge in [-0.15, -0.1) is 0 Å². The maximum Gasteiger partial charge on any atom is 0.0366 e. The quantitative estimate of drug-likeness (QED) is 0.748. The van der Waals surface area contributed by atoms with Crippen LogP contribution in [0.15, 0.2) is 30.3 Å². The molecule has 0 radical (unpaired) electrons. The summed E-state index contributed by atoms with van der Waals surface area (Å²) < 4.78 is 0. The minimum atomic E-state index is 0.735. The normalized spacial score (nSPS) is 30.3. The molecule has 0 spiro atoms. The molecule has 1 aromatic rings. The predicted octanol–water partition coefficient (Wildman–Crippen LogP) is 1.87. The molecule has 2 saturated heterocycles. The lowest BCUT2D eigenvalue weighted by Crippen LogP contribution is -2.46. The summed E-state index contributed by atoms with van der Waals surface area (Å²) in [6.45, 7) is 3.64. The zero-order chi connectivity index (χ0) is 10.1. The van der Waals surface area contributed by atoms with Gasteiger partial charge in [-0.25, -0.2) is 0 Å². The zero-order valence-electron chi connectivity index (χ0n) is 9.02. The van der Waals surface area contributed by atoms with E-state index in [2.05, 4.69) is 40.5 Å². The second-order valence-electron chi connectivity index (χ2n) is 4.68. The second-order valence-corrected chi connectivity index (χ2v) is 4.68. The van der Waals surface area contributed by atoms with Crippen molar-refractivity contribution in [3.05, 3.63) is 30.3 Å². The van der Waals surface area contributed by atoms with E-state index in [9.17, 15) is 0 Å². The van der Waals surface area contributed by atoms with Crippen LogP contribution in [0.5, 0.6) is 0 Å². The Morgan fingerprint density at radius 3 is 2.87 bits per heavy atom. The molecule has 2 atom stereocenters. The van der Waals surface area contributed by atoms with Gasteiger partial charge in [-0.2, -0.15) is 0 Å². The summed E-state index contributed by atoms with van der Waals surface area (Å²) in [7, 11) is 0. The van der Waals surface area contributed by atoms with Gasteiger partial charge in [0.1, 0.15) is 0 Å². The van der Waals surface area contributed by atoms with Crippen LogP contribution in [-0.4, -0.2) is 25.7 Å². The molecule has 2 aliphatic heterocycles. The van der Waals surface area contributed by atoms with Gasteiger partial charge < -0.3 is 10.2 Å². The molecular formula is C13H18N2. The molecule has 0 aromatic heterocycles. The summed E-state index contributed by atoms with van der Waals surface area (Å²) in [6, 6.07) is 11.5. The molecule has 2 fully saturated rings. The number of hydrogen-bond acceptors (Lipinski definition) is 2. The molecule has 2 heterocycles. The molecule has 2 heteroatoms. The van der Waals surface area contributed by atoms with Crippen molar-refractivity contribution in [3.63, 3.8) is 0 Å². The Hall–Kier alpha value is -1.02. The van der Waals surface area contributed by atoms with Gasteiger partial charge in [0.25, 0.3) is 0 Å². The van der Waals surface area contributed by atoms with Crippen LogP contribution in [0.4, 0.5) is 5.69 Å². The molecule has 80 valence electrons. The lowest BCUT2D eigenvalue weighted by atomic mass is 9.92. The molecule has 0 amide bonds. The van der Waals surface area contributed by atoms with Gasteiger partial charge in [-0.1, -0.05) is 18.2 Å². The molecule has 2 aliphatic rings. The highest BCUT2D eigenvalue weighted by Gasteiger charge is 2.32. The zero-order valence-corrected chi connectivity index (χ0v) is 9.02. The minimum Gasteiger partial charge on any atom is -0.370 e. The van der Waals surface area contributed by atoms with Gasteiger partial charge in [-0.05, 0) is 37.4 Å². The van der Waals surface area contributed by atoms with E-state index < -0.39 is 0 Å². The Morgan fingerprint density at radius 1 is 1.13 bits per heavy atom. The second kappa shape index (κ2) is 3.86. The van der Waals surface area contributed by atoms with Crippen LogP contribution in [0.1, 0.15) is 12.8 Å². The third kappa shape index (κ3) is 1.74. The van der Waals surface area contributed by atoms with Gasteiger partial charge in [0.2, 0.25) is 0 Å². The Kier molecular flexibility index (Phi) is 2.37. The summed E-state index contributed by atoms with van der Waals surface area (Å²) >= 11 is 0. The van der Waals surface area contributed by atoms with Crippen LogP contribution < -0.4 is 10.2 Å². The molecule has 2 unspecified atom stereocenters. The van der Waals surface area contributed by atoms with E-state index in [1.165, 1.54) is 38.2 Å². The van der Waals surface area contributed by atoms with Crippen molar-refractivity contribution in [1.29, 1.82) is 0 Å². The van der Waals surface area contributed by atoms with Gasteiger partial charge in [0.15, 0.2) is 0 Å². The highest BCUT2D eigenvalue weighted by molar-refractivity contribution is 5.46. The number of hydrogen-bond donors (Lipinski definition) is 1. The fourth-order valence-electron chi connectivity index (χ4n) is 2.90. The van der Waals surface area contributed by atoms with Crippen molar-refractivity contribution in [2.75, 3.05) is 24.5 Å². The molecule has 3 rings (SSSR count). The monoisotopic (exact) mass is 202 g/mol. The van der Waals surface area contributed by atoms with Crippen molar-refractivity contribution in [2.45, 2.75) is 18.9 Å². The highest BCUT2D eigenvalue weighted by Crippen LogP contribution is 2.28. The van der Waals surface area contributed by atoms with Gasteiger partial charge in [-0.3, -0.25) is 0 Å². The molecular weight excluding hydrogens is 184 g/mol. The Bertz CT molecular complexity index is 323. The Balaban J connectivity index is 1.74. The van der Waals surface area contributed by atoms with Gasteiger partial charge in [0.05, 0.1) is 0 Å².